The third-order valence-electron chi connectivity index (χ3n) is 3.10. The van der Waals surface area contributed by atoms with E-state index in [2.05, 4.69) is 0 Å². The maximum absolute atomic E-state index is 12.3. The Labute approximate surface area is 121 Å². The van der Waals surface area contributed by atoms with Crippen molar-refractivity contribution in [3.05, 3.63) is 30.3 Å². The Hall–Kier alpha value is -0.920. The van der Waals surface area contributed by atoms with Crippen molar-refractivity contribution in [1.82, 2.24) is 0 Å². The quantitative estimate of drug-likeness (QED) is 0.451. The third-order valence-corrected chi connectivity index (χ3v) is 4.84. The maximum Gasteiger partial charge on any atom is 0.282 e. The van der Waals surface area contributed by atoms with E-state index in [9.17, 15) is 4.21 Å². The molecule has 0 heterocycles. The molecule has 2 N–H and O–H groups in total. The lowest BCUT2D eigenvalue weighted by Gasteiger charge is -2.28. The van der Waals surface area contributed by atoms with Crippen molar-refractivity contribution in [3.8, 4) is 0 Å². The molecule has 0 aromatic heterocycles. The highest BCUT2D eigenvalue weighted by Crippen LogP contribution is 2.20. The molecule has 0 saturated heterocycles. The van der Waals surface area contributed by atoms with E-state index < -0.39 is 15.7 Å². The molecule has 1 atom stereocenters. The first-order chi connectivity index (χ1) is 9.49. The molecule has 0 bridgehead atoms. The number of benzene rings is 1. The van der Waals surface area contributed by atoms with Crippen LogP contribution in [0, 0.1) is 0 Å². The topological polar surface area (TPSA) is 70.8 Å². The minimum absolute atomic E-state index is 0.525. The summed E-state index contributed by atoms with van der Waals surface area (Å²) in [5, 5.41) is 7.51. The van der Waals surface area contributed by atoms with Crippen LogP contribution in [0.2, 0.25) is 0 Å². The Morgan fingerprint density at radius 1 is 1.15 bits per heavy atom. The van der Waals surface area contributed by atoms with Gasteiger partial charge in [0.05, 0.1) is 9.71 Å². The van der Waals surface area contributed by atoms with Crippen LogP contribution in [0.3, 0.4) is 0 Å². The smallest absolute Gasteiger partial charge is 0.282 e. The second kappa shape index (κ2) is 7.75. The van der Waals surface area contributed by atoms with Crippen molar-refractivity contribution in [2.24, 2.45) is 5.14 Å². The van der Waals surface area contributed by atoms with Crippen molar-refractivity contribution in [2.75, 3.05) is 21.3 Å². The molecule has 0 amide bonds. The molecule has 1 aromatic carbocycles. The minimum atomic E-state index is -2.60. The van der Waals surface area contributed by atoms with Gasteiger partial charge in [-0.25, -0.2) is 4.21 Å². The van der Waals surface area contributed by atoms with Gasteiger partial charge in [-0.05, 0) is 30.3 Å². The molecule has 1 unspecified atom stereocenters. The van der Waals surface area contributed by atoms with E-state index in [1.807, 2.05) is 18.2 Å². The molecule has 0 aliphatic heterocycles. The number of methoxy groups -OCH3 is 3. The van der Waals surface area contributed by atoms with Gasteiger partial charge >= 0.3 is 0 Å². The molecule has 6 heteroatoms. The maximum atomic E-state index is 12.3. The second-order valence-corrected chi connectivity index (χ2v) is 6.41. The zero-order valence-corrected chi connectivity index (χ0v) is 13.0. The van der Waals surface area contributed by atoms with Gasteiger partial charge in [-0.15, -0.1) is 0 Å². The summed E-state index contributed by atoms with van der Waals surface area (Å²) >= 11 is 0. The van der Waals surface area contributed by atoms with Crippen molar-refractivity contribution in [2.45, 2.75) is 30.1 Å². The van der Waals surface area contributed by atoms with Crippen LogP contribution < -0.4 is 5.14 Å². The molecule has 0 aliphatic rings. The van der Waals surface area contributed by atoms with Gasteiger partial charge in [-0.1, -0.05) is 18.2 Å². The predicted octanol–water partition coefficient (Wildman–Crippen LogP) is 1.77. The number of nitrogens with two attached hydrogens (primary N) is 1. The number of rotatable bonds is 8. The van der Waals surface area contributed by atoms with Crippen LogP contribution in [0.5, 0.6) is 0 Å². The van der Waals surface area contributed by atoms with Crippen LogP contribution >= 0.6 is 0 Å². The Kier molecular flexibility index (Phi) is 6.64. The molecule has 5 nitrogen and oxygen atoms in total. The molecule has 1 aromatic rings. The van der Waals surface area contributed by atoms with Gasteiger partial charge < -0.3 is 14.2 Å². The van der Waals surface area contributed by atoms with Gasteiger partial charge in [-0.2, -0.15) is 0 Å². The van der Waals surface area contributed by atoms with Crippen LogP contribution in [-0.2, 0) is 23.9 Å². The van der Waals surface area contributed by atoms with Crippen LogP contribution in [0.4, 0.5) is 0 Å². The summed E-state index contributed by atoms with van der Waals surface area (Å²) in [5.41, 5.74) is 0. The number of ether oxygens (including phenoxy) is 3. The summed E-state index contributed by atoms with van der Waals surface area (Å²) in [7, 11) is 1.97. The van der Waals surface area contributed by atoms with E-state index in [-0.39, 0.29) is 0 Å². The Balaban J connectivity index is 2.63. The Bertz CT molecular complexity index is 497. The number of hydrogen-bond acceptors (Lipinski definition) is 4. The third kappa shape index (κ3) is 4.57. The SMILES string of the molecule is COC(CCCC=S(N)(=O)c1ccccc1)(OC)OC. The molecule has 1 rings (SSSR count). The van der Waals surface area contributed by atoms with E-state index in [1.165, 1.54) is 21.3 Å². The van der Waals surface area contributed by atoms with Gasteiger partial charge in [0, 0.05) is 32.6 Å². The molecular formula is C14H23NO4S. The highest BCUT2D eigenvalue weighted by Gasteiger charge is 2.28. The van der Waals surface area contributed by atoms with Crippen LogP contribution in [0.25, 0.3) is 0 Å². The van der Waals surface area contributed by atoms with Gasteiger partial charge in [0.25, 0.3) is 5.97 Å². The summed E-state index contributed by atoms with van der Waals surface area (Å²) < 4.78 is 27.9. The summed E-state index contributed by atoms with van der Waals surface area (Å²) in [6.07, 6.45) is 1.80. The lowest BCUT2D eigenvalue weighted by atomic mass is 10.2. The molecule has 0 aliphatic carbocycles. The zero-order chi connectivity index (χ0) is 15.1. The highest BCUT2D eigenvalue weighted by atomic mass is 32.2. The zero-order valence-electron chi connectivity index (χ0n) is 12.2. The first-order valence-electron chi connectivity index (χ1n) is 6.35. The standard InChI is InChI=1S/C14H23NO4S/c1-17-14(18-2,19-3)11-7-8-12-20(15,16)13-9-5-4-6-10-13/h4-6,9-10,12H,7-8,11H2,1-3H3,(H2,15,16). The number of hydrogen-bond donors (Lipinski definition) is 1. The lowest BCUT2D eigenvalue weighted by Crippen LogP contribution is -2.35. The van der Waals surface area contributed by atoms with Crippen molar-refractivity contribution < 1.29 is 18.4 Å². The minimum Gasteiger partial charge on any atom is -0.331 e. The average molecular weight is 301 g/mol. The van der Waals surface area contributed by atoms with Gasteiger partial charge in [0.1, 0.15) is 0 Å². The van der Waals surface area contributed by atoms with Crippen LogP contribution in [0.15, 0.2) is 35.2 Å². The van der Waals surface area contributed by atoms with Crippen molar-refractivity contribution >= 4 is 15.1 Å². The Morgan fingerprint density at radius 2 is 1.70 bits per heavy atom. The molecule has 0 fully saturated rings. The molecule has 0 radical (unpaired) electrons. The van der Waals surface area contributed by atoms with E-state index in [1.54, 1.807) is 17.5 Å². The fourth-order valence-corrected chi connectivity index (χ4v) is 3.15. The van der Waals surface area contributed by atoms with Gasteiger partial charge in [-0.3, -0.25) is 5.14 Å². The first kappa shape index (κ1) is 17.1. The Morgan fingerprint density at radius 3 is 2.20 bits per heavy atom. The van der Waals surface area contributed by atoms with Crippen LogP contribution in [-0.4, -0.2) is 36.9 Å². The summed E-state index contributed by atoms with van der Waals surface area (Å²) in [5.74, 6) is -1.05. The lowest BCUT2D eigenvalue weighted by molar-refractivity contribution is -0.355. The van der Waals surface area contributed by atoms with E-state index in [4.69, 9.17) is 19.3 Å². The van der Waals surface area contributed by atoms with Crippen molar-refractivity contribution in [3.63, 3.8) is 0 Å². The van der Waals surface area contributed by atoms with E-state index in [0.29, 0.717) is 24.2 Å². The van der Waals surface area contributed by atoms with Crippen molar-refractivity contribution in [1.29, 1.82) is 0 Å². The van der Waals surface area contributed by atoms with Gasteiger partial charge in [0.15, 0.2) is 0 Å². The highest BCUT2D eigenvalue weighted by molar-refractivity contribution is 7.99. The van der Waals surface area contributed by atoms with Crippen LogP contribution in [0.1, 0.15) is 19.3 Å². The molecular weight excluding hydrogens is 278 g/mol. The predicted molar refractivity (Wildman–Crippen MR) is 80.7 cm³/mol. The first-order valence-corrected chi connectivity index (χ1v) is 8.04. The molecule has 0 saturated carbocycles. The molecule has 20 heavy (non-hydrogen) atoms. The summed E-state index contributed by atoms with van der Waals surface area (Å²) in [4.78, 5) is 0.636. The number of unbranched alkanes of at least 4 members (excludes halogenated alkanes) is 1. The summed E-state index contributed by atoms with van der Waals surface area (Å²) in [6.45, 7) is 0. The second-order valence-electron chi connectivity index (χ2n) is 4.31. The fourth-order valence-electron chi connectivity index (χ4n) is 1.86. The van der Waals surface area contributed by atoms with Gasteiger partial charge in [0.2, 0.25) is 0 Å². The summed E-state index contributed by atoms with van der Waals surface area (Å²) in [6, 6.07) is 9.04. The van der Waals surface area contributed by atoms with E-state index >= 15 is 0 Å². The normalized spacial score (nSPS) is 14.8. The fraction of sp³-hybridized carbons (Fsp3) is 0.500. The largest absolute Gasteiger partial charge is 0.331 e. The average Bonchev–Trinajstić information content (AvgIpc) is 2.49. The monoisotopic (exact) mass is 301 g/mol. The molecule has 0 spiro atoms. The molecule has 114 valence electrons. The van der Waals surface area contributed by atoms with E-state index in [0.717, 1.165) is 0 Å².